The molecule has 1 aromatic rings. The summed E-state index contributed by atoms with van der Waals surface area (Å²) in [5.41, 5.74) is 1.04. The molecule has 0 spiro atoms. The first-order chi connectivity index (χ1) is 9.15. The van der Waals surface area contributed by atoms with E-state index in [4.69, 9.17) is 9.84 Å². The smallest absolute Gasteiger partial charge is 0.309 e. The lowest BCUT2D eigenvalue weighted by Gasteiger charge is -2.21. The maximum Gasteiger partial charge on any atom is 0.309 e. The number of pyridine rings is 1. The molecule has 6 heteroatoms. The fourth-order valence-electron chi connectivity index (χ4n) is 1.95. The van der Waals surface area contributed by atoms with Crippen LogP contribution in [0.3, 0.4) is 0 Å². The number of rotatable bonds is 4. The number of aliphatic carboxylic acids is 1. The van der Waals surface area contributed by atoms with Gasteiger partial charge in [-0.1, -0.05) is 0 Å². The average Bonchev–Trinajstić information content (AvgIpc) is 2.41. The molecular weight excluding hydrogens is 248 g/mol. The second kappa shape index (κ2) is 6.29. The van der Waals surface area contributed by atoms with Gasteiger partial charge in [-0.25, -0.2) is 0 Å². The Morgan fingerprint density at radius 1 is 1.47 bits per heavy atom. The molecule has 1 aliphatic heterocycles. The quantitative estimate of drug-likeness (QED) is 0.849. The minimum Gasteiger partial charge on any atom is -0.481 e. The summed E-state index contributed by atoms with van der Waals surface area (Å²) in [4.78, 5) is 26.4. The Morgan fingerprint density at radius 3 is 2.89 bits per heavy atom. The number of aromatic nitrogens is 1. The van der Waals surface area contributed by atoms with E-state index in [2.05, 4.69) is 10.3 Å². The van der Waals surface area contributed by atoms with Crippen molar-refractivity contribution in [2.45, 2.75) is 19.3 Å². The number of carboxylic acid groups (broad SMARTS) is 1. The van der Waals surface area contributed by atoms with Crippen LogP contribution in [-0.4, -0.2) is 35.2 Å². The van der Waals surface area contributed by atoms with Gasteiger partial charge in [0.1, 0.15) is 0 Å². The van der Waals surface area contributed by atoms with E-state index >= 15 is 0 Å². The summed E-state index contributed by atoms with van der Waals surface area (Å²) in [6, 6.07) is 3.26. The van der Waals surface area contributed by atoms with Gasteiger partial charge >= 0.3 is 5.97 Å². The highest BCUT2D eigenvalue weighted by atomic mass is 16.5. The standard InChI is InChI=1S/C13H16N2O4/c16-12(17)6-10-3-4-11(7-14-10)15-13(18)9-2-1-5-19-8-9/h3-4,7,9H,1-2,5-6,8H2,(H,15,18)(H,16,17). The zero-order valence-corrected chi connectivity index (χ0v) is 10.5. The van der Waals surface area contributed by atoms with Crippen LogP contribution in [0.15, 0.2) is 18.3 Å². The molecule has 2 rings (SSSR count). The van der Waals surface area contributed by atoms with E-state index in [-0.39, 0.29) is 18.2 Å². The maximum absolute atomic E-state index is 11.9. The monoisotopic (exact) mass is 264 g/mol. The number of nitrogens with zero attached hydrogens (tertiary/aromatic N) is 1. The number of hydrogen-bond acceptors (Lipinski definition) is 4. The van der Waals surface area contributed by atoms with Crippen molar-refractivity contribution >= 4 is 17.6 Å². The molecule has 1 aromatic heterocycles. The van der Waals surface area contributed by atoms with Crippen LogP contribution in [0.2, 0.25) is 0 Å². The van der Waals surface area contributed by atoms with Gasteiger partial charge in [0.25, 0.3) is 0 Å². The van der Waals surface area contributed by atoms with Crippen LogP contribution in [0.5, 0.6) is 0 Å². The summed E-state index contributed by atoms with van der Waals surface area (Å²) in [6.07, 6.45) is 3.08. The number of ether oxygens (including phenoxy) is 1. The van der Waals surface area contributed by atoms with Gasteiger partial charge in [-0.2, -0.15) is 0 Å². The predicted octanol–water partition coefficient (Wildman–Crippen LogP) is 1.07. The lowest BCUT2D eigenvalue weighted by atomic mass is 10.0. The zero-order valence-electron chi connectivity index (χ0n) is 10.5. The predicted molar refractivity (Wildman–Crippen MR) is 67.7 cm³/mol. The van der Waals surface area contributed by atoms with Crippen LogP contribution in [0.1, 0.15) is 18.5 Å². The van der Waals surface area contributed by atoms with Crippen molar-refractivity contribution in [3.05, 3.63) is 24.0 Å². The fraction of sp³-hybridized carbons (Fsp3) is 0.462. The van der Waals surface area contributed by atoms with E-state index in [1.807, 2.05) is 0 Å². The molecule has 1 amide bonds. The molecular formula is C13H16N2O4. The largest absolute Gasteiger partial charge is 0.481 e. The van der Waals surface area contributed by atoms with E-state index in [0.29, 0.717) is 18.0 Å². The molecule has 0 aromatic carbocycles. The number of hydrogen-bond donors (Lipinski definition) is 2. The van der Waals surface area contributed by atoms with E-state index < -0.39 is 5.97 Å². The van der Waals surface area contributed by atoms with Crippen molar-refractivity contribution < 1.29 is 19.4 Å². The molecule has 1 aliphatic rings. The van der Waals surface area contributed by atoms with Gasteiger partial charge in [-0.3, -0.25) is 14.6 Å². The van der Waals surface area contributed by atoms with Gasteiger partial charge in [0.05, 0.1) is 36.5 Å². The molecule has 19 heavy (non-hydrogen) atoms. The Morgan fingerprint density at radius 2 is 2.32 bits per heavy atom. The molecule has 0 bridgehead atoms. The molecule has 0 saturated carbocycles. The third-order valence-corrected chi connectivity index (χ3v) is 2.96. The highest BCUT2D eigenvalue weighted by molar-refractivity contribution is 5.92. The molecule has 2 heterocycles. The SMILES string of the molecule is O=C(O)Cc1ccc(NC(=O)C2CCCOC2)cn1. The third kappa shape index (κ3) is 4.03. The number of nitrogens with one attached hydrogen (secondary N) is 1. The summed E-state index contributed by atoms with van der Waals surface area (Å²) in [5, 5.41) is 11.4. The zero-order chi connectivity index (χ0) is 13.7. The minimum atomic E-state index is -0.927. The van der Waals surface area contributed by atoms with E-state index in [9.17, 15) is 9.59 Å². The van der Waals surface area contributed by atoms with Gasteiger partial charge in [0, 0.05) is 6.61 Å². The molecule has 1 saturated heterocycles. The first-order valence-electron chi connectivity index (χ1n) is 6.20. The van der Waals surface area contributed by atoms with Crippen molar-refractivity contribution in [1.29, 1.82) is 0 Å². The Kier molecular flexibility index (Phi) is 4.46. The van der Waals surface area contributed by atoms with E-state index in [1.54, 1.807) is 12.1 Å². The normalized spacial score (nSPS) is 18.8. The number of carboxylic acids is 1. The molecule has 0 radical (unpaired) electrons. The van der Waals surface area contributed by atoms with Crippen LogP contribution >= 0.6 is 0 Å². The second-order valence-corrected chi connectivity index (χ2v) is 4.51. The van der Waals surface area contributed by atoms with Gasteiger partial charge < -0.3 is 15.2 Å². The number of anilines is 1. The van der Waals surface area contributed by atoms with Crippen molar-refractivity contribution in [3.63, 3.8) is 0 Å². The van der Waals surface area contributed by atoms with Crippen LogP contribution in [0, 0.1) is 5.92 Å². The molecule has 1 fully saturated rings. The van der Waals surface area contributed by atoms with Crippen molar-refractivity contribution in [2.24, 2.45) is 5.92 Å². The van der Waals surface area contributed by atoms with Crippen LogP contribution in [0.4, 0.5) is 5.69 Å². The Labute approximate surface area is 110 Å². The number of amides is 1. The van der Waals surface area contributed by atoms with Gasteiger partial charge in [-0.15, -0.1) is 0 Å². The van der Waals surface area contributed by atoms with Crippen LogP contribution < -0.4 is 5.32 Å². The third-order valence-electron chi connectivity index (χ3n) is 2.96. The topological polar surface area (TPSA) is 88.5 Å². The molecule has 1 unspecified atom stereocenters. The molecule has 102 valence electrons. The van der Waals surface area contributed by atoms with Crippen molar-refractivity contribution in [2.75, 3.05) is 18.5 Å². The van der Waals surface area contributed by atoms with Gasteiger partial charge in [0.15, 0.2) is 0 Å². The Balaban J connectivity index is 1.91. The van der Waals surface area contributed by atoms with Crippen LogP contribution in [0.25, 0.3) is 0 Å². The highest BCUT2D eigenvalue weighted by Crippen LogP contribution is 2.16. The first-order valence-corrected chi connectivity index (χ1v) is 6.20. The summed E-state index contributed by atoms with van der Waals surface area (Å²) < 4.78 is 5.26. The van der Waals surface area contributed by atoms with Gasteiger partial charge in [-0.05, 0) is 25.0 Å². The first kappa shape index (κ1) is 13.5. The van der Waals surface area contributed by atoms with Gasteiger partial charge in [0.2, 0.25) is 5.91 Å². The van der Waals surface area contributed by atoms with E-state index in [0.717, 1.165) is 19.4 Å². The maximum atomic E-state index is 11.9. The lowest BCUT2D eigenvalue weighted by Crippen LogP contribution is -2.30. The Bertz CT molecular complexity index is 452. The molecule has 6 nitrogen and oxygen atoms in total. The van der Waals surface area contributed by atoms with Crippen molar-refractivity contribution in [1.82, 2.24) is 4.98 Å². The second-order valence-electron chi connectivity index (χ2n) is 4.51. The molecule has 1 atom stereocenters. The number of carbonyl (C=O) groups is 2. The lowest BCUT2D eigenvalue weighted by molar-refractivity contribution is -0.136. The van der Waals surface area contributed by atoms with Crippen molar-refractivity contribution in [3.8, 4) is 0 Å². The highest BCUT2D eigenvalue weighted by Gasteiger charge is 2.21. The minimum absolute atomic E-state index is 0.0764. The number of carbonyl (C=O) groups excluding carboxylic acids is 1. The van der Waals surface area contributed by atoms with Crippen LogP contribution in [-0.2, 0) is 20.7 Å². The summed E-state index contributed by atoms with van der Waals surface area (Å²) in [5.74, 6) is -1.12. The molecule has 0 aliphatic carbocycles. The van der Waals surface area contributed by atoms with E-state index in [1.165, 1.54) is 6.20 Å². The fourth-order valence-corrected chi connectivity index (χ4v) is 1.95. The Hall–Kier alpha value is -1.95. The average molecular weight is 264 g/mol. The summed E-state index contributed by atoms with van der Waals surface area (Å²) in [6.45, 7) is 1.17. The summed E-state index contributed by atoms with van der Waals surface area (Å²) in [7, 11) is 0. The summed E-state index contributed by atoms with van der Waals surface area (Å²) >= 11 is 0. The molecule has 2 N–H and O–H groups in total.